The van der Waals surface area contributed by atoms with Crippen LogP contribution in [0.1, 0.15) is 35.3 Å². The summed E-state index contributed by atoms with van der Waals surface area (Å²) in [5.74, 6) is 1.78. The molecule has 6 heteroatoms. The maximum absolute atomic E-state index is 12.7. The number of ether oxygens (including phenoxy) is 3. The molecule has 2 aromatic carbocycles. The van der Waals surface area contributed by atoms with Crippen LogP contribution in [0.3, 0.4) is 0 Å². The smallest absolute Gasteiger partial charge is 0.227 e. The molecule has 0 radical (unpaired) electrons. The number of carbonyl (C=O) groups excluding carboxylic acids is 2. The van der Waals surface area contributed by atoms with Gasteiger partial charge in [-0.05, 0) is 49.7 Å². The van der Waals surface area contributed by atoms with Crippen molar-refractivity contribution < 1.29 is 23.8 Å². The maximum atomic E-state index is 12.7. The van der Waals surface area contributed by atoms with Crippen LogP contribution in [0.25, 0.3) is 0 Å². The number of nitrogens with zero attached hydrogens (tertiary/aromatic N) is 1. The van der Waals surface area contributed by atoms with Crippen molar-refractivity contribution in [1.29, 1.82) is 0 Å². The third-order valence-corrected chi connectivity index (χ3v) is 4.40. The van der Waals surface area contributed by atoms with Gasteiger partial charge in [0.05, 0.1) is 27.2 Å². The molecule has 0 aliphatic carbocycles. The highest BCUT2D eigenvalue weighted by Crippen LogP contribution is 2.28. The van der Waals surface area contributed by atoms with E-state index in [9.17, 15) is 9.59 Å². The van der Waals surface area contributed by atoms with Crippen LogP contribution < -0.4 is 14.2 Å². The number of hydrogen-bond acceptors (Lipinski definition) is 5. The topological polar surface area (TPSA) is 65.1 Å². The average Bonchev–Trinajstić information content (AvgIpc) is 2.69. The standard InChI is InChI=1S/C22H27NO5/c1-6-28-20-9-7-16(11-21(20)27-5)14-23(3)22(25)13-18-12-17(15(2)24)8-10-19(18)26-4/h7-12H,6,13-14H2,1-5H3. The van der Waals surface area contributed by atoms with E-state index < -0.39 is 0 Å². The van der Waals surface area contributed by atoms with Crippen molar-refractivity contribution >= 4 is 11.7 Å². The van der Waals surface area contributed by atoms with Crippen LogP contribution in [-0.4, -0.2) is 44.5 Å². The third kappa shape index (κ3) is 5.25. The molecule has 0 aliphatic rings. The SMILES string of the molecule is CCOc1ccc(CN(C)C(=O)Cc2cc(C(C)=O)ccc2OC)cc1OC. The number of ketones is 1. The van der Waals surface area contributed by atoms with Crippen LogP contribution in [-0.2, 0) is 17.8 Å². The van der Waals surface area contributed by atoms with E-state index in [1.54, 1.807) is 44.4 Å². The summed E-state index contributed by atoms with van der Waals surface area (Å²) in [4.78, 5) is 26.0. The fraction of sp³-hybridized carbons (Fsp3) is 0.364. The Hall–Kier alpha value is -3.02. The van der Waals surface area contributed by atoms with E-state index in [4.69, 9.17) is 14.2 Å². The molecule has 0 bridgehead atoms. The molecule has 28 heavy (non-hydrogen) atoms. The van der Waals surface area contributed by atoms with Gasteiger partial charge >= 0.3 is 0 Å². The first-order chi connectivity index (χ1) is 13.4. The minimum absolute atomic E-state index is 0.0498. The van der Waals surface area contributed by atoms with Crippen LogP contribution in [0.5, 0.6) is 17.2 Å². The molecular formula is C22H27NO5. The second-order valence-corrected chi connectivity index (χ2v) is 6.43. The Kier molecular flexibility index (Phi) is 7.44. The van der Waals surface area contributed by atoms with E-state index in [0.29, 0.717) is 41.5 Å². The quantitative estimate of drug-likeness (QED) is 0.618. The lowest BCUT2D eigenvalue weighted by Crippen LogP contribution is -2.28. The number of likely N-dealkylation sites (N-methyl/N-ethyl adjacent to an activating group) is 1. The molecule has 150 valence electrons. The fourth-order valence-electron chi connectivity index (χ4n) is 2.88. The maximum Gasteiger partial charge on any atom is 0.227 e. The number of amides is 1. The Morgan fingerprint density at radius 1 is 0.964 bits per heavy atom. The molecule has 0 N–H and O–H groups in total. The van der Waals surface area contributed by atoms with E-state index in [2.05, 4.69) is 0 Å². The fourth-order valence-corrected chi connectivity index (χ4v) is 2.88. The number of carbonyl (C=O) groups is 2. The molecule has 2 rings (SSSR count). The molecule has 0 fully saturated rings. The molecular weight excluding hydrogens is 358 g/mol. The van der Waals surface area contributed by atoms with E-state index in [0.717, 1.165) is 5.56 Å². The van der Waals surface area contributed by atoms with Crippen molar-refractivity contribution in [1.82, 2.24) is 4.90 Å². The van der Waals surface area contributed by atoms with Gasteiger partial charge < -0.3 is 19.1 Å². The summed E-state index contributed by atoms with van der Waals surface area (Å²) in [5.41, 5.74) is 2.18. The lowest BCUT2D eigenvalue weighted by Gasteiger charge is -2.19. The number of benzene rings is 2. The largest absolute Gasteiger partial charge is 0.496 e. The Morgan fingerprint density at radius 3 is 2.25 bits per heavy atom. The van der Waals surface area contributed by atoms with Crippen LogP contribution in [0.15, 0.2) is 36.4 Å². The summed E-state index contributed by atoms with van der Waals surface area (Å²) in [6.45, 7) is 4.39. The van der Waals surface area contributed by atoms with Gasteiger partial charge in [-0.2, -0.15) is 0 Å². The third-order valence-electron chi connectivity index (χ3n) is 4.40. The van der Waals surface area contributed by atoms with Gasteiger partial charge in [-0.15, -0.1) is 0 Å². The summed E-state index contributed by atoms with van der Waals surface area (Å²) >= 11 is 0. The molecule has 0 unspecified atom stereocenters. The number of methoxy groups -OCH3 is 2. The molecule has 1 amide bonds. The zero-order valence-corrected chi connectivity index (χ0v) is 17.1. The van der Waals surface area contributed by atoms with Gasteiger partial charge in [-0.25, -0.2) is 0 Å². The van der Waals surface area contributed by atoms with Crippen molar-refractivity contribution in [2.45, 2.75) is 26.8 Å². The summed E-state index contributed by atoms with van der Waals surface area (Å²) in [5, 5.41) is 0. The van der Waals surface area contributed by atoms with Gasteiger partial charge in [-0.3, -0.25) is 9.59 Å². The Morgan fingerprint density at radius 2 is 1.64 bits per heavy atom. The second-order valence-electron chi connectivity index (χ2n) is 6.43. The first kappa shape index (κ1) is 21.3. The van der Waals surface area contributed by atoms with Crippen molar-refractivity contribution in [3.05, 3.63) is 53.1 Å². The Balaban J connectivity index is 2.13. The van der Waals surface area contributed by atoms with Crippen LogP contribution in [0.2, 0.25) is 0 Å². The van der Waals surface area contributed by atoms with Crippen molar-refractivity contribution in [3.63, 3.8) is 0 Å². The van der Waals surface area contributed by atoms with Gasteiger partial charge in [0.15, 0.2) is 17.3 Å². The number of hydrogen-bond donors (Lipinski definition) is 0. The lowest BCUT2D eigenvalue weighted by molar-refractivity contribution is -0.129. The molecule has 0 atom stereocenters. The van der Waals surface area contributed by atoms with Crippen LogP contribution in [0, 0.1) is 0 Å². The second kappa shape index (κ2) is 9.78. The lowest BCUT2D eigenvalue weighted by atomic mass is 10.0. The molecule has 2 aromatic rings. The van der Waals surface area contributed by atoms with E-state index in [1.165, 1.54) is 6.92 Å². The molecule has 0 heterocycles. The molecule has 0 spiro atoms. The molecule has 0 aliphatic heterocycles. The van der Waals surface area contributed by atoms with E-state index >= 15 is 0 Å². The Bertz CT molecular complexity index is 847. The predicted octanol–water partition coefficient (Wildman–Crippen LogP) is 3.51. The molecule has 0 saturated carbocycles. The highest BCUT2D eigenvalue weighted by Gasteiger charge is 2.16. The summed E-state index contributed by atoms with van der Waals surface area (Å²) in [7, 11) is 4.88. The number of Topliss-reactive ketones (excluding diaryl/α,β-unsaturated/α-hetero) is 1. The first-order valence-electron chi connectivity index (χ1n) is 9.11. The minimum Gasteiger partial charge on any atom is -0.496 e. The van der Waals surface area contributed by atoms with Crippen molar-refractivity contribution in [2.75, 3.05) is 27.9 Å². The van der Waals surface area contributed by atoms with Crippen molar-refractivity contribution in [2.24, 2.45) is 0 Å². The van der Waals surface area contributed by atoms with Gasteiger partial charge in [0.2, 0.25) is 5.91 Å². The highest BCUT2D eigenvalue weighted by atomic mass is 16.5. The first-order valence-corrected chi connectivity index (χ1v) is 9.11. The average molecular weight is 385 g/mol. The predicted molar refractivity (Wildman–Crippen MR) is 107 cm³/mol. The van der Waals surface area contributed by atoms with Gasteiger partial charge in [0.25, 0.3) is 0 Å². The van der Waals surface area contributed by atoms with Crippen LogP contribution >= 0.6 is 0 Å². The molecule has 6 nitrogen and oxygen atoms in total. The summed E-state index contributed by atoms with van der Waals surface area (Å²) < 4.78 is 16.2. The van der Waals surface area contributed by atoms with Gasteiger partial charge in [0, 0.05) is 24.7 Å². The number of rotatable bonds is 9. The monoisotopic (exact) mass is 385 g/mol. The highest BCUT2D eigenvalue weighted by molar-refractivity contribution is 5.94. The summed E-state index contributed by atoms with van der Waals surface area (Å²) in [6.07, 6.45) is 0.148. The molecule has 0 saturated heterocycles. The van der Waals surface area contributed by atoms with Gasteiger partial charge in [-0.1, -0.05) is 6.07 Å². The van der Waals surface area contributed by atoms with Crippen molar-refractivity contribution in [3.8, 4) is 17.2 Å². The van der Waals surface area contributed by atoms with E-state index in [1.807, 2.05) is 25.1 Å². The minimum atomic E-state index is -0.0770. The van der Waals surface area contributed by atoms with E-state index in [-0.39, 0.29) is 18.1 Å². The molecule has 0 aromatic heterocycles. The zero-order valence-electron chi connectivity index (χ0n) is 17.1. The zero-order chi connectivity index (χ0) is 20.7. The van der Waals surface area contributed by atoms with Crippen LogP contribution in [0.4, 0.5) is 0 Å². The van der Waals surface area contributed by atoms with Gasteiger partial charge in [0.1, 0.15) is 5.75 Å². The normalized spacial score (nSPS) is 10.3. The Labute approximate surface area is 166 Å². The summed E-state index contributed by atoms with van der Waals surface area (Å²) in [6, 6.07) is 10.8.